The third kappa shape index (κ3) is 2.64. The average molecular weight is 381 g/mol. The maximum atomic E-state index is 6.00. The van der Waals surface area contributed by atoms with E-state index in [-0.39, 0.29) is 0 Å². The van der Waals surface area contributed by atoms with Crippen molar-refractivity contribution < 1.29 is 8.83 Å². The number of benzene rings is 3. The van der Waals surface area contributed by atoms with Crippen LogP contribution in [-0.4, -0.2) is 9.97 Å². The molecule has 0 saturated carbocycles. The number of hydrogen-bond acceptors (Lipinski definition) is 4. The number of halogens is 2. The van der Waals surface area contributed by atoms with Gasteiger partial charge >= 0.3 is 0 Å². The Labute approximate surface area is 158 Å². The average Bonchev–Trinajstić information content (AvgIpc) is 3.25. The lowest BCUT2D eigenvalue weighted by molar-refractivity contribution is 0.617. The van der Waals surface area contributed by atoms with Gasteiger partial charge in [-0.05, 0) is 60.7 Å². The van der Waals surface area contributed by atoms with Gasteiger partial charge in [0, 0.05) is 21.2 Å². The van der Waals surface area contributed by atoms with Crippen LogP contribution in [0, 0.1) is 0 Å². The summed E-state index contributed by atoms with van der Waals surface area (Å²) in [5, 5.41) is 1.26. The van der Waals surface area contributed by atoms with Gasteiger partial charge in [-0.1, -0.05) is 23.2 Å². The molecule has 6 heteroatoms. The molecule has 5 rings (SSSR count). The van der Waals surface area contributed by atoms with Crippen LogP contribution < -0.4 is 0 Å². The van der Waals surface area contributed by atoms with E-state index in [0.29, 0.717) is 33.0 Å². The summed E-state index contributed by atoms with van der Waals surface area (Å²) in [7, 11) is 0. The van der Waals surface area contributed by atoms with Crippen LogP contribution in [0.25, 0.3) is 45.1 Å². The van der Waals surface area contributed by atoms with E-state index in [9.17, 15) is 0 Å². The Morgan fingerprint density at radius 1 is 0.577 bits per heavy atom. The summed E-state index contributed by atoms with van der Waals surface area (Å²) < 4.78 is 11.6. The van der Waals surface area contributed by atoms with Crippen molar-refractivity contribution in [2.24, 2.45) is 0 Å². The van der Waals surface area contributed by atoms with Gasteiger partial charge in [-0.15, -0.1) is 0 Å². The van der Waals surface area contributed by atoms with Crippen molar-refractivity contribution >= 4 is 45.4 Å². The molecule has 0 radical (unpaired) electrons. The van der Waals surface area contributed by atoms with E-state index in [0.717, 1.165) is 22.2 Å². The smallest absolute Gasteiger partial charge is 0.227 e. The highest BCUT2D eigenvalue weighted by molar-refractivity contribution is 6.31. The maximum Gasteiger partial charge on any atom is 0.227 e. The Hall–Kier alpha value is -2.82. The molecule has 0 unspecified atom stereocenters. The van der Waals surface area contributed by atoms with E-state index >= 15 is 0 Å². The Kier molecular flexibility index (Phi) is 3.48. The molecular weight excluding hydrogens is 371 g/mol. The third-order valence-corrected chi connectivity index (χ3v) is 4.55. The van der Waals surface area contributed by atoms with Crippen molar-refractivity contribution in [3.63, 3.8) is 0 Å². The topological polar surface area (TPSA) is 52.1 Å². The Morgan fingerprint density at radius 3 is 1.42 bits per heavy atom. The molecule has 0 saturated heterocycles. The van der Waals surface area contributed by atoms with Crippen LogP contribution in [0.1, 0.15) is 0 Å². The van der Waals surface area contributed by atoms with E-state index in [1.54, 1.807) is 24.3 Å². The van der Waals surface area contributed by atoms with Gasteiger partial charge in [0.2, 0.25) is 11.8 Å². The van der Waals surface area contributed by atoms with Gasteiger partial charge in [0.1, 0.15) is 11.0 Å². The molecule has 0 aliphatic heterocycles. The molecule has 2 heterocycles. The van der Waals surface area contributed by atoms with Crippen molar-refractivity contribution in [3.05, 3.63) is 70.7 Å². The van der Waals surface area contributed by atoms with Crippen LogP contribution in [0.5, 0.6) is 0 Å². The van der Waals surface area contributed by atoms with Crippen LogP contribution in [0.15, 0.2) is 69.5 Å². The highest BCUT2D eigenvalue weighted by Crippen LogP contribution is 2.30. The van der Waals surface area contributed by atoms with Gasteiger partial charge in [-0.2, -0.15) is 0 Å². The lowest BCUT2D eigenvalue weighted by Gasteiger charge is -1.97. The second-order valence-electron chi connectivity index (χ2n) is 5.84. The molecule has 0 fully saturated rings. The fraction of sp³-hybridized carbons (Fsp3) is 0. The maximum absolute atomic E-state index is 6.00. The quantitative estimate of drug-likeness (QED) is 0.345. The first kappa shape index (κ1) is 15.4. The first-order valence-electron chi connectivity index (χ1n) is 7.89. The van der Waals surface area contributed by atoms with Gasteiger partial charge in [0.25, 0.3) is 0 Å². The SMILES string of the molecule is Clc1ccc2oc(-c3ccc(-c4nc5cc(Cl)ccc5o4)cc3)nc2c1. The monoisotopic (exact) mass is 380 g/mol. The highest BCUT2D eigenvalue weighted by Gasteiger charge is 2.11. The molecule has 0 N–H and O–H groups in total. The zero-order chi connectivity index (χ0) is 17.7. The van der Waals surface area contributed by atoms with Gasteiger partial charge in [0.05, 0.1) is 0 Å². The number of rotatable bonds is 2. The molecule has 4 nitrogen and oxygen atoms in total. The predicted octanol–water partition coefficient (Wildman–Crippen LogP) is 6.61. The van der Waals surface area contributed by atoms with Crippen LogP contribution in [0.2, 0.25) is 10.0 Å². The Morgan fingerprint density at radius 2 is 1.00 bits per heavy atom. The number of aromatic nitrogens is 2. The lowest BCUT2D eigenvalue weighted by Crippen LogP contribution is -1.80. The van der Waals surface area contributed by atoms with Gasteiger partial charge in [-0.3, -0.25) is 0 Å². The van der Waals surface area contributed by atoms with E-state index in [1.165, 1.54) is 0 Å². The normalized spacial score (nSPS) is 11.5. The summed E-state index contributed by atoms with van der Waals surface area (Å²) in [5.41, 5.74) is 4.58. The fourth-order valence-corrected chi connectivity index (χ4v) is 3.14. The second-order valence-corrected chi connectivity index (χ2v) is 6.71. The number of nitrogens with zero attached hydrogens (tertiary/aromatic N) is 2. The van der Waals surface area contributed by atoms with Gasteiger partial charge < -0.3 is 8.83 Å². The number of hydrogen-bond donors (Lipinski definition) is 0. The summed E-state index contributed by atoms with van der Waals surface area (Å²) in [5.74, 6) is 1.08. The first-order valence-corrected chi connectivity index (χ1v) is 8.64. The van der Waals surface area contributed by atoms with E-state index in [2.05, 4.69) is 9.97 Å². The molecular formula is C20H10Cl2N2O2. The zero-order valence-corrected chi connectivity index (χ0v) is 14.8. The Balaban J connectivity index is 1.52. The molecule has 0 amide bonds. The summed E-state index contributed by atoms with van der Waals surface area (Å²) in [4.78, 5) is 8.97. The summed E-state index contributed by atoms with van der Waals surface area (Å²) in [6.07, 6.45) is 0. The molecule has 126 valence electrons. The molecule has 0 spiro atoms. The van der Waals surface area contributed by atoms with Crippen LogP contribution >= 0.6 is 23.2 Å². The number of fused-ring (bicyclic) bond motifs is 2. The molecule has 0 bridgehead atoms. The summed E-state index contributed by atoms with van der Waals surface area (Å²) >= 11 is 12.0. The lowest BCUT2D eigenvalue weighted by atomic mass is 10.1. The van der Waals surface area contributed by atoms with Crippen LogP contribution in [0.3, 0.4) is 0 Å². The van der Waals surface area contributed by atoms with Crippen molar-refractivity contribution in [3.8, 4) is 22.9 Å². The summed E-state index contributed by atoms with van der Waals surface area (Å²) in [6, 6.07) is 18.4. The van der Waals surface area contributed by atoms with Crippen molar-refractivity contribution in [1.29, 1.82) is 0 Å². The van der Waals surface area contributed by atoms with Gasteiger partial charge in [-0.25, -0.2) is 9.97 Å². The minimum atomic E-state index is 0.540. The second kappa shape index (κ2) is 5.87. The van der Waals surface area contributed by atoms with Crippen molar-refractivity contribution in [2.45, 2.75) is 0 Å². The molecule has 3 aromatic carbocycles. The molecule has 0 atom stereocenters. The fourth-order valence-electron chi connectivity index (χ4n) is 2.80. The predicted molar refractivity (Wildman–Crippen MR) is 102 cm³/mol. The first-order chi connectivity index (χ1) is 12.7. The highest BCUT2D eigenvalue weighted by atomic mass is 35.5. The van der Waals surface area contributed by atoms with E-state index < -0.39 is 0 Å². The van der Waals surface area contributed by atoms with E-state index in [1.807, 2.05) is 36.4 Å². The molecule has 0 aliphatic carbocycles. The molecule has 0 aliphatic rings. The van der Waals surface area contributed by atoms with Crippen LogP contribution in [0.4, 0.5) is 0 Å². The van der Waals surface area contributed by atoms with E-state index in [4.69, 9.17) is 32.0 Å². The third-order valence-electron chi connectivity index (χ3n) is 4.08. The number of oxazole rings is 2. The summed E-state index contributed by atoms with van der Waals surface area (Å²) in [6.45, 7) is 0. The Bertz CT molecular complexity index is 1160. The van der Waals surface area contributed by atoms with Crippen molar-refractivity contribution in [1.82, 2.24) is 9.97 Å². The molecule has 26 heavy (non-hydrogen) atoms. The standard InChI is InChI=1S/C20H10Cl2N2O2/c21-13-5-7-17-15(9-13)23-19(25-17)11-1-2-12(4-3-11)20-24-16-10-14(22)6-8-18(16)26-20/h1-10H. The van der Waals surface area contributed by atoms with Crippen molar-refractivity contribution in [2.75, 3.05) is 0 Å². The minimum absolute atomic E-state index is 0.540. The van der Waals surface area contributed by atoms with Gasteiger partial charge in [0.15, 0.2) is 11.2 Å². The molecule has 2 aromatic heterocycles. The van der Waals surface area contributed by atoms with Crippen LogP contribution in [-0.2, 0) is 0 Å². The largest absolute Gasteiger partial charge is 0.436 e. The molecule has 5 aromatic rings. The zero-order valence-electron chi connectivity index (χ0n) is 13.2. The minimum Gasteiger partial charge on any atom is -0.436 e.